The van der Waals surface area contributed by atoms with Crippen LogP contribution < -0.4 is 0 Å². The van der Waals surface area contributed by atoms with Crippen LogP contribution in [0, 0.1) is 5.92 Å². The normalized spacial score (nSPS) is 23.9. The quantitative estimate of drug-likeness (QED) is 0.543. The molecule has 0 aliphatic carbocycles. The molecule has 15 heavy (non-hydrogen) atoms. The van der Waals surface area contributed by atoms with Crippen LogP contribution in [-0.4, -0.2) is 19.5 Å². The van der Waals surface area contributed by atoms with Gasteiger partial charge in [0.25, 0.3) is 0 Å². The summed E-state index contributed by atoms with van der Waals surface area (Å²) < 4.78 is 5.36. The third-order valence-electron chi connectivity index (χ3n) is 2.77. The largest absolute Gasteiger partial charge is 0.376 e. The first kappa shape index (κ1) is 10.1. The van der Waals surface area contributed by atoms with E-state index >= 15 is 0 Å². The molecule has 0 amide bonds. The lowest BCUT2D eigenvalue weighted by molar-refractivity contribution is -0.103. The maximum atomic E-state index is 11.1. The minimum Gasteiger partial charge on any atom is -0.376 e. The maximum Gasteiger partial charge on any atom is 0.150 e. The summed E-state index contributed by atoms with van der Waals surface area (Å²) in [5, 5.41) is 0. The van der Waals surface area contributed by atoms with Crippen molar-refractivity contribution in [2.75, 3.05) is 13.2 Å². The molecule has 2 nitrogen and oxygen atoms in total. The van der Waals surface area contributed by atoms with Crippen LogP contribution in [0.3, 0.4) is 0 Å². The second-order valence-electron chi connectivity index (χ2n) is 3.84. The zero-order valence-corrected chi connectivity index (χ0v) is 8.77. The van der Waals surface area contributed by atoms with E-state index in [0.29, 0.717) is 12.5 Å². The van der Waals surface area contributed by atoms with E-state index in [9.17, 15) is 4.79 Å². The number of ether oxygens (including phenoxy) is 1. The summed E-state index contributed by atoms with van der Waals surface area (Å²) in [6.07, 6.45) is 0.940. The fraction of sp³-hybridized carbons (Fsp3) is 0.308. The molecule has 1 aromatic rings. The van der Waals surface area contributed by atoms with Gasteiger partial charge in [-0.2, -0.15) is 0 Å². The molecule has 78 valence electrons. The second kappa shape index (κ2) is 4.41. The minimum absolute atomic E-state index is 0.352. The Bertz CT molecular complexity index is 379. The summed E-state index contributed by atoms with van der Waals surface area (Å²) >= 11 is 0. The Morgan fingerprint density at radius 1 is 1.40 bits per heavy atom. The Balaban J connectivity index is 2.44. The maximum absolute atomic E-state index is 11.1. The molecule has 0 spiro atoms. The van der Waals surface area contributed by atoms with E-state index in [-0.39, 0.29) is 0 Å². The zero-order valence-electron chi connectivity index (χ0n) is 8.77. The third-order valence-corrected chi connectivity index (χ3v) is 2.77. The zero-order chi connectivity index (χ0) is 10.7. The van der Waals surface area contributed by atoms with Crippen LogP contribution in [0.1, 0.15) is 12.5 Å². The van der Waals surface area contributed by atoms with Crippen LogP contribution >= 0.6 is 0 Å². The van der Waals surface area contributed by atoms with Gasteiger partial charge in [-0.05, 0) is 11.1 Å². The summed E-state index contributed by atoms with van der Waals surface area (Å²) in [4.78, 5) is 11.1. The van der Waals surface area contributed by atoms with Crippen LogP contribution in [0.25, 0.3) is 5.57 Å². The number of allylic oxidation sites excluding steroid dienone is 1. The molecule has 1 aliphatic rings. The van der Waals surface area contributed by atoms with Crippen molar-refractivity contribution in [1.82, 2.24) is 0 Å². The Morgan fingerprint density at radius 2 is 2.13 bits per heavy atom. The van der Waals surface area contributed by atoms with Gasteiger partial charge in [-0.25, -0.2) is 0 Å². The molecular formula is C13H14O2. The van der Waals surface area contributed by atoms with Crippen molar-refractivity contribution >= 4 is 11.9 Å². The smallest absolute Gasteiger partial charge is 0.150 e. The SMILES string of the molecule is C[C@@H]1COC/C1=C(/C=O)c1ccccc1. The molecule has 0 bridgehead atoms. The van der Waals surface area contributed by atoms with Crippen molar-refractivity contribution < 1.29 is 9.53 Å². The first-order valence-corrected chi connectivity index (χ1v) is 5.14. The van der Waals surface area contributed by atoms with E-state index in [2.05, 4.69) is 6.92 Å². The molecule has 1 atom stereocenters. The van der Waals surface area contributed by atoms with E-state index in [0.717, 1.165) is 29.6 Å². The number of hydrogen-bond acceptors (Lipinski definition) is 2. The molecule has 1 fully saturated rings. The van der Waals surface area contributed by atoms with E-state index in [4.69, 9.17) is 4.74 Å². The lowest BCUT2D eigenvalue weighted by Crippen LogP contribution is -2.00. The van der Waals surface area contributed by atoms with Crippen LogP contribution in [0.2, 0.25) is 0 Å². The molecule has 0 aromatic heterocycles. The second-order valence-corrected chi connectivity index (χ2v) is 3.84. The van der Waals surface area contributed by atoms with Crippen LogP contribution in [0.15, 0.2) is 35.9 Å². The van der Waals surface area contributed by atoms with Gasteiger partial charge in [0.1, 0.15) is 0 Å². The van der Waals surface area contributed by atoms with E-state index in [1.165, 1.54) is 0 Å². The highest BCUT2D eigenvalue weighted by molar-refractivity contribution is 6.08. The highest BCUT2D eigenvalue weighted by Crippen LogP contribution is 2.27. The van der Waals surface area contributed by atoms with Gasteiger partial charge in [0, 0.05) is 11.5 Å². The Morgan fingerprint density at radius 3 is 2.67 bits per heavy atom. The van der Waals surface area contributed by atoms with Crippen molar-refractivity contribution in [3.05, 3.63) is 41.5 Å². The first-order valence-electron chi connectivity index (χ1n) is 5.14. The van der Waals surface area contributed by atoms with Gasteiger partial charge >= 0.3 is 0 Å². The lowest BCUT2D eigenvalue weighted by atomic mass is 9.95. The van der Waals surface area contributed by atoms with E-state index in [1.807, 2.05) is 30.3 Å². The predicted molar refractivity (Wildman–Crippen MR) is 59.4 cm³/mol. The summed E-state index contributed by atoms with van der Waals surface area (Å²) in [5.74, 6) is 0.352. The molecule has 1 saturated heterocycles. The molecule has 0 unspecified atom stereocenters. The number of carbonyl (C=O) groups excluding carboxylic acids is 1. The number of benzene rings is 1. The van der Waals surface area contributed by atoms with Crippen molar-refractivity contribution in [2.24, 2.45) is 5.92 Å². The van der Waals surface area contributed by atoms with Gasteiger partial charge in [-0.15, -0.1) is 0 Å². The van der Waals surface area contributed by atoms with Gasteiger partial charge in [-0.1, -0.05) is 37.3 Å². The average Bonchev–Trinajstić information content (AvgIpc) is 2.68. The van der Waals surface area contributed by atoms with Crippen molar-refractivity contribution in [3.63, 3.8) is 0 Å². The number of carbonyl (C=O) groups is 1. The predicted octanol–water partition coefficient (Wildman–Crippen LogP) is 2.31. The van der Waals surface area contributed by atoms with Gasteiger partial charge in [0.05, 0.1) is 13.2 Å². The molecule has 0 saturated carbocycles. The van der Waals surface area contributed by atoms with Crippen molar-refractivity contribution in [3.8, 4) is 0 Å². The molecular weight excluding hydrogens is 188 g/mol. The minimum atomic E-state index is 0.352. The molecule has 1 aliphatic heterocycles. The van der Waals surface area contributed by atoms with E-state index in [1.54, 1.807) is 0 Å². The van der Waals surface area contributed by atoms with Crippen molar-refractivity contribution in [1.29, 1.82) is 0 Å². The molecule has 1 heterocycles. The summed E-state index contributed by atoms with van der Waals surface area (Å²) in [6.45, 7) is 3.40. The topological polar surface area (TPSA) is 26.3 Å². The standard InChI is InChI=1S/C13H14O2/c1-10-8-15-9-13(10)12(7-14)11-5-3-2-4-6-11/h2-7,10H,8-9H2,1H3/b13-12+/t10-/m1/s1. The van der Waals surface area contributed by atoms with Gasteiger partial charge < -0.3 is 4.74 Å². The third kappa shape index (κ3) is 2.00. The monoisotopic (exact) mass is 202 g/mol. The van der Waals surface area contributed by atoms with Crippen LogP contribution in [-0.2, 0) is 9.53 Å². The van der Waals surface area contributed by atoms with E-state index < -0.39 is 0 Å². The van der Waals surface area contributed by atoms with Crippen LogP contribution in [0.5, 0.6) is 0 Å². The molecule has 0 radical (unpaired) electrons. The fourth-order valence-corrected chi connectivity index (χ4v) is 1.88. The summed E-state index contributed by atoms with van der Waals surface area (Å²) in [7, 11) is 0. The van der Waals surface area contributed by atoms with Crippen molar-refractivity contribution in [2.45, 2.75) is 6.92 Å². The summed E-state index contributed by atoms with van der Waals surface area (Å²) in [5.41, 5.74) is 2.90. The summed E-state index contributed by atoms with van der Waals surface area (Å²) in [6, 6.07) is 9.76. The van der Waals surface area contributed by atoms with Crippen LogP contribution in [0.4, 0.5) is 0 Å². The molecule has 1 aromatic carbocycles. The highest BCUT2D eigenvalue weighted by atomic mass is 16.5. The fourth-order valence-electron chi connectivity index (χ4n) is 1.88. The van der Waals surface area contributed by atoms with Gasteiger partial charge in [0.15, 0.2) is 6.29 Å². The Labute approximate surface area is 89.6 Å². The average molecular weight is 202 g/mol. The highest BCUT2D eigenvalue weighted by Gasteiger charge is 2.21. The molecule has 2 heteroatoms. The Kier molecular flexibility index (Phi) is 2.97. The first-order chi connectivity index (χ1) is 7.33. The number of rotatable bonds is 2. The van der Waals surface area contributed by atoms with Gasteiger partial charge in [0.2, 0.25) is 0 Å². The number of aldehydes is 1. The lowest BCUT2D eigenvalue weighted by Gasteiger charge is -2.07. The van der Waals surface area contributed by atoms with Gasteiger partial charge in [-0.3, -0.25) is 4.79 Å². The molecule has 2 rings (SSSR count). The molecule has 0 N–H and O–H groups in total. The Hall–Kier alpha value is -1.41. The number of hydrogen-bond donors (Lipinski definition) is 0.